The van der Waals surface area contributed by atoms with Crippen molar-refractivity contribution in [3.05, 3.63) is 54.6 Å². The van der Waals surface area contributed by atoms with Gasteiger partial charge in [-0.25, -0.2) is 15.0 Å². The van der Waals surface area contributed by atoms with E-state index in [4.69, 9.17) is 13.8 Å². The van der Waals surface area contributed by atoms with E-state index < -0.39 is 0 Å². The molecule has 2 saturated heterocycles. The van der Waals surface area contributed by atoms with Gasteiger partial charge in [-0.15, -0.1) is 0 Å². The lowest BCUT2D eigenvalue weighted by Crippen LogP contribution is -2.11. The Labute approximate surface area is 295 Å². The molecule has 2 fully saturated rings. The van der Waals surface area contributed by atoms with Crippen molar-refractivity contribution in [2.45, 2.75) is 74.7 Å². The minimum atomic E-state index is 0.0113. The number of nitrogens with zero attached hydrogens (tertiary/aromatic N) is 3. The van der Waals surface area contributed by atoms with Crippen molar-refractivity contribution in [3.8, 4) is 23.2 Å². The van der Waals surface area contributed by atoms with Gasteiger partial charge in [0.05, 0.1) is 0 Å². The van der Waals surface area contributed by atoms with Gasteiger partial charge in [0.2, 0.25) is 23.6 Å². The van der Waals surface area contributed by atoms with Crippen molar-refractivity contribution in [1.29, 1.82) is 0 Å². The van der Waals surface area contributed by atoms with E-state index in [1.165, 1.54) is 37.2 Å². The summed E-state index contributed by atoms with van der Waals surface area (Å²) in [5.74, 6) is 3.23. The van der Waals surface area contributed by atoms with Crippen LogP contribution in [0.4, 0.5) is 11.4 Å². The van der Waals surface area contributed by atoms with Gasteiger partial charge in [-0.05, 0) is 87.1 Å². The first-order chi connectivity index (χ1) is 23.6. The maximum Gasteiger partial charge on any atom is 0.246 e. The van der Waals surface area contributed by atoms with Crippen molar-refractivity contribution in [2.75, 3.05) is 22.1 Å². The number of carbonyl (C=O) groups is 2. The van der Waals surface area contributed by atoms with Crippen molar-refractivity contribution in [2.24, 2.45) is 0 Å². The first-order valence-electron chi connectivity index (χ1n) is 16.5. The molecule has 5 aromatic rings. The molecule has 3 aromatic heterocycles. The number of oxazole rings is 2. The molecular weight excluding hydrogens is 683 g/mol. The molecule has 0 bridgehead atoms. The monoisotopic (exact) mass is 719 g/mol. The van der Waals surface area contributed by atoms with Crippen LogP contribution in [0.2, 0.25) is 0 Å². The number of carbonyl (C=O) groups excluding carboxylic acids is 2. The second-order valence-corrected chi connectivity index (χ2v) is 17.6. The van der Waals surface area contributed by atoms with Crippen LogP contribution in [-0.4, -0.2) is 48.8 Å². The van der Waals surface area contributed by atoms with Gasteiger partial charge in [-0.1, -0.05) is 62.1 Å². The van der Waals surface area contributed by atoms with Crippen LogP contribution in [0.5, 0.6) is 0 Å². The lowest BCUT2D eigenvalue weighted by Gasteiger charge is -2.07. The number of benzene rings is 2. The third-order valence-electron chi connectivity index (χ3n) is 8.34. The zero-order valence-corrected chi connectivity index (χ0v) is 29.7. The normalized spacial score (nSPS) is 17.8. The number of anilines is 2. The minimum absolute atomic E-state index is 0.0113. The van der Waals surface area contributed by atoms with Crippen molar-refractivity contribution < 1.29 is 18.4 Å². The number of nitrogens with one attached hydrogen (secondary N) is 2. The van der Waals surface area contributed by atoms with E-state index in [9.17, 15) is 9.59 Å². The summed E-state index contributed by atoms with van der Waals surface area (Å²) in [6.45, 7) is 0. The number of hydrogen-bond acceptors (Lipinski definition) is 11. The van der Waals surface area contributed by atoms with E-state index in [2.05, 4.69) is 20.6 Å². The summed E-state index contributed by atoms with van der Waals surface area (Å²) in [6.07, 6.45) is 9.87. The molecule has 250 valence electrons. The Balaban J connectivity index is 0.954. The number of rotatable bonds is 14. The van der Waals surface area contributed by atoms with Crippen LogP contribution in [0, 0.1) is 0 Å². The lowest BCUT2D eigenvalue weighted by molar-refractivity contribution is -0.117. The summed E-state index contributed by atoms with van der Waals surface area (Å²) in [7, 11) is 7.89. The molecule has 2 aliphatic heterocycles. The van der Waals surface area contributed by atoms with E-state index in [1.54, 1.807) is 0 Å². The highest BCUT2D eigenvalue weighted by molar-refractivity contribution is 8.77. The van der Waals surface area contributed by atoms with Gasteiger partial charge in [-0.2, -0.15) is 0 Å². The van der Waals surface area contributed by atoms with Crippen LogP contribution in [0.25, 0.3) is 45.4 Å². The smallest absolute Gasteiger partial charge is 0.246 e. The van der Waals surface area contributed by atoms with Gasteiger partial charge in [0, 0.05) is 46.2 Å². The molecule has 2 amide bonds. The molecule has 48 heavy (non-hydrogen) atoms. The van der Waals surface area contributed by atoms with Crippen LogP contribution >= 0.6 is 43.2 Å². The highest BCUT2D eigenvalue weighted by Gasteiger charge is 2.18. The highest BCUT2D eigenvalue weighted by Crippen LogP contribution is 2.40. The predicted molar refractivity (Wildman–Crippen MR) is 201 cm³/mol. The maximum absolute atomic E-state index is 12.6. The summed E-state index contributed by atoms with van der Waals surface area (Å²) in [6, 6.07) is 16.4. The molecule has 2 N–H and O–H groups in total. The summed E-state index contributed by atoms with van der Waals surface area (Å²) in [5.41, 5.74) is 4.93. The fourth-order valence-electron chi connectivity index (χ4n) is 5.79. The molecule has 2 unspecified atom stereocenters. The molecule has 7 rings (SSSR count). The summed E-state index contributed by atoms with van der Waals surface area (Å²) < 4.78 is 12.0. The third kappa shape index (κ3) is 8.71. The molecule has 9 nitrogen and oxygen atoms in total. The Hall–Kier alpha value is -3.13. The van der Waals surface area contributed by atoms with Crippen LogP contribution in [0.15, 0.2) is 63.4 Å². The van der Waals surface area contributed by atoms with E-state index >= 15 is 0 Å². The molecule has 0 aliphatic carbocycles. The average molecular weight is 720 g/mol. The van der Waals surface area contributed by atoms with Gasteiger partial charge < -0.3 is 19.5 Å². The Morgan fingerprint density at radius 1 is 0.667 bits per heavy atom. The molecular formula is C35H37N5O4S4. The van der Waals surface area contributed by atoms with Gasteiger partial charge in [0.25, 0.3) is 0 Å². The maximum atomic E-state index is 12.6. The molecule has 0 radical (unpaired) electrons. The average Bonchev–Trinajstić information content (AvgIpc) is 3.92. The molecule has 0 spiro atoms. The van der Waals surface area contributed by atoms with Gasteiger partial charge >= 0.3 is 0 Å². The molecule has 2 aliphatic rings. The Morgan fingerprint density at radius 2 is 1.17 bits per heavy atom. The van der Waals surface area contributed by atoms with Gasteiger partial charge in [0.1, 0.15) is 22.4 Å². The fraction of sp³-hybridized carbons (Fsp3) is 0.400. The largest absolute Gasteiger partial charge is 0.435 e. The van der Waals surface area contributed by atoms with Crippen LogP contribution in [0.3, 0.4) is 0 Å². The van der Waals surface area contributed by atoms with Crippen molar-refractivity contribution in [3.63, 3.8) is 0 Å². The molecule has 13 heteroatoms. The number of amides is 2. The predicted octanol–water partition coefficient (Wildman–Crippen LogP) is 10.0. The van der Waals surface area contributed by atoms with Crippen LogP contribution < -0.4 is 10.6 Å². The van der Waals surface area contributed by atoms with E-state index in [-0.39, 0.29) is 11.8 Å². The van der Waals surface area contributed by atoms with E-state index in [1.807, 2.05) is 97.8 Å². The number of fused-ring (bicyclic) bond motifs is 2. The SMILES string of the molecule is O=C(CCCCC1CCSS1)Nc1ccc2oc(-c3cccc(-c4nc5cc(NC(=O)CCCCC6CCSS6)ccc5o4)n3)nc2c1. The minimum Gasteiger partial charge on any atom is -0.435 e. The zero-order chi connectivity index (χ0) is 32.7. The Bertz CT molecular complexity index is 1750. The highest BCUT2D eigenvalue weighted by atomic mass is 33.1. The number of aromatic nitrogens is 3. The molecule has 5 heterocycles. The van der Waals surface area contributed by atoms with Crippen molar-refractivity contribution >= 4 is 88.6 Å². The van der Waals surface area contributed by atoms with Crippen LogP contribution in [-0.2, 0) is 9.59 Å². The fourth-order valence-corrected chi connectivity index (χ4v) is 11.8. The van der Waals surface area contributed by atoms with Gasteiger partial charge in [0.15, 0.2) is 11.2 Å². The summed E-state index contributed by atoms with van der Waals surface area (Å²) >= 11 is 0. The second-order valence-electron chi connectivity index (χ2n) is 12.1. The molecule has 2 aromatic carbocycles. The zero-order valence-electron chi connectivity index (χ0n) is 26.4. The second kappa shape index (κ2) is 16.1. The Kier molecular flexibility index (Phi) is 11.2. The lowest BCUT2D eigenvalue weighted by atomic mass is 10.1. The van der Waals surface area contributed by atoms with Crippen LogP contribution in [0.1, 0.15) is 64.2 Å². The summed E-state index contributed by atoms with van der Waals surface area (Å²) in [4.78, 5) is 39.1. The number of unbranched alkanes of at least 4 members (excludes halogenated alkanes) is 2. The standard InChI is InChI=1S/C35H37N5O4S4/c41-32(10-3-1-6-24-16-18-45-47-24)36-22-12-14-30-28(20-22)39-34(43-30)26-8-5-9-27(38-26)35-40-29-21-23(13-15-31(29)44-35)37-33(42)11-4-2-7-25-17-19-46-48-25/h5,8-9,12-15,20-21,24-25H,1-4,6-7,10-11,16-19H2,(H,36,41)(H,37,42). The first kappa shape index (κ1) is 33.4. The van der Waals surface area contributed by atoms with Gasteiger partial charge in [-0.3, -0.25) is 9.59 Å². The van der Waals surface area contributed by atoms with Crippen molar-refractivity contribution in [1.82, 2.24) is 15.0 Å². The first-order valence-corrected chi connectivity index (χ1v) is 21.3. The van der Waals surface area contributed by atoms with E-state index in [0.717, 1.165) is 36.2 Å². The molecule has 0 saturated carbocycles. The molecule has 2 atom stereocenters. The number of hydrogen-bond donors (Lipinski definition) is 2. The topological polar surface area (TPSA) is 123 Å². The third-order valence-corrected chi connectivity index (χ3v) is 14.4. The Morgan fingerprint density at radius 3 is 1.62 bits per heavy atom. The number of pyridine rings is 1. The quantitative estimate of drug-likeness (QED) is 0.0842. The summed E-state index contributed by atoms with van der Waals surface area (Å²) in [5, 5.41) is 7.48. The van der Waals surface area contributed by atoms with E-state index in [0.29, 0.717) is 69.6 Å².